The number of benzene rings is 2. The van der Waals surface area contributed by atoms with Crippen molar-refractivity contribution in [3.63, 3.8) is 0 Å². The summed E-state index contributed by atoms with van der Waals surface area (Å²) < 4.78 is 77.2. The fourth-order valence-corrected chi connectivity index (χ4v) is 5.59. The van der Waals surface area contributed by atoms with E-state index in [9.17, 15) is 27.2 Å². The summed E-state index contributed by atoms with van der Waals surface area (Å²) in [4.78, 5) is 33.1. The number of pyridine rings is 1. The van der Waals surface area contributed by atoms with E-state index in [0.717, 1.165) is 6.20 Å². The highest BCUT2D eigenvalue weighted by Crippen LogP contribution is 2.37. The Morgan fingerprint density at radius 2 is 1.77 bits per heavy atom. The van der Waals surface area contributed by atoms with Gasteiger partial charge >= 0.3 is 6.18 Å². The topological polar surface area (TPSA) is 80.9 Å². The van der Waals surface area contributed by atoms with Gasteiger partial charge in [-0.05, 0) is 57.8 Å². The van der Waals surface area contributed by atoms with E-state index in [-0.39, 0.29) is 41.5 Å². The Balaban J connectivity index is 1.56. The summed E-state index contributed by atoms with van der Waals surface area (Å²) in [6.45, 7) is 6.13. The largest absolute Gasteiger partial charge is 0.417 e. The molecule has 8 nitrogen and oxygen atoms in total. The molecule has 0 spiro atoms. The molecular weight excluding hydrogens is 585 g/mol. The summed E-state index contributed by atoms with van der Waals surface area (Å²) in [6.07, 6.45) is -4.24. The van der Waals surface area contributed by atoms with Crippen molar-refractivity contribution in [3.05, 3.63) is 81.3 Å². The number of carbonyl (C=O) groups excluding carboxylic acids is 1. The molecule has 44 heavy (non-hydrogen) atoms. The van der Waals surface area contributed by atoms with Gasteiger partial charge in [0.15, 0.2) is 0 Å². The van der Waals surface area contributed by atoms with Gasteiger partial charge in [0.2, 0.25) is 5.56 Å². The van der Waals surface area contributed by atoms with Crippen molar-refractivity contribution in [2.75, 3.05) is 50.6 Å². The Hall–Kier alpha value is -3.81. The Morgan fingerprint density at radius 3 is 2.39 bits per heavy atom. The third kappa shape index (κ3) is 6.35. The molecule has 13 heteroatoms. The molecule has 2 atom stereocenters. The Bertz CT molecular complexity index is 1590. The third-order valence-electron chi connectivity index (χ3n) is 8.57. The van der Waals surface area contributed by atoms with Gasteiger partial charge < -0.3 is 19.9 Å². The van der Waals surface area contributed by atoms with E-state index in [4.69, 9.17) is 4.74 Å². The summed E-state index contributed by atoms with van der Waals surface area (Å²) >= 11 is 0. The summed E-state index contributed by atoms with van der Waals surface area (Å²) in [5.74, 6) is -2.59. The number of hydrogen-bond acceptors (Lipinski definition) is 6. The van der Waals surface area contributed by atoms with Crippen molar-refractivity contribution in [1.82, 2.24) is 14.8 Å². The number of H-pyrrole nitrogens is 1. The number of anilines is 2. The number of likely N-dealkylation sites (N-methyl/N-ethyl adjacent to an activating group) is 2. The van der Waals surface area contributed by atoms with E-state index >= 15 is 4.39 Å². The number of rotatable bonds is 7. The predicted molar refractivity (Wildman–Crippen MR) is 157 cm³/mol. The lowest BCUT2D eigenvalue weighted by molar-refractivity contribution is -0.138. The fraction of sp³-hybridized carbons (Fsp3) is 0.419. The zero-order valence-electron chi connectivity index (χ0n) is 24.8. The highest BCUT2D eigenvalue weighted by molar-refractivity contribution is 6.07. The number of aromatic amines is 1. The molecule has 3 heterocycles. The van der Waals surface area contributed by atoms with E-state index in [1.807, 2.05) is 30.7 Å². The number of carbonyl (C=O) groups is 1. The number of piperazine rings is 1. The number of hydrogen-bond donors (Lipinski definition) is 2. The molecule has 5 rings (SSSR count). The average Bonchev–Trinajstić information content (AvgIpc) is 2.92. The standard InChI is InChI=1S/C31H34F5N5O3/c1-17-12-41(13-18(2)40(17)4)27-8-5-19(21-6-7-25(32)23(29(21)33)14-39(3)20-15-44-16-20)9-26(27)38-30(43)22-11-37-28(42)10-24(22)31(34,35)36/h5-11,17-18,20H,12-16H2,1-4H3,(H,37,42)(H,38,43)/t17-,18+. The summed E-state index contributed by atoms with van der Waals surface area (Å²) in [5, 5.41) is 2.58. The predicted octanol–water partition coefficient (Wildman–Crippen LogP) is 4.95. The molecule has 0 radical (unpaired) electrons. The van der Waals surface area contributed by atoms with Crippen molar-refractivity contribution < 1.29 is 31.5 Å². The number of amides is 1. The van der Waals surface area contributed by atoms with Gasteiger partial charge in [-0.1, -0.05) is 6.07 Å². The highest BCUT2D eigenvalue weighted by atomic mass is 19.4. The van der Waals surface area contributed by atoms with Crippen LogP contribution >= 0.6 is 0 Å². The minimum absolute atomic E-state index is 0.00467. The second-order valence-electron chi connectivity index (χ2n) is 11.6. The van der Waals surface area contributed by atoms with Crippen LogP contribution in [0.3, 0.4) is 0 Å². The smallest absolute Gasteiger partial charge is 0.378 e. The first-order valence-electron chi connectivity index (χ1n) is 14.2. The van der Waals surface area contributed by atoms with Crippen LogP contribution in [0.1, 0.15) is 35.3 Å². The van der Waals surface area contributed by atoms with Crippen LogP contribution in [0, 0.1) is 11.6 Å². The zero-order valence-corrected chi connectivity index (χ0v) is 24.8. The minimum Gasteiger partial charge on any atom is -0.378 e. The third-order valence-corrected chi connectivity index (χ3v) is 8.57. The number of aromatic nitrogens is 1. The number of alkyl halides is 3. The molecule has 2 aliphatic heterocycles. The van der Waals surface area contributed by atoms with Crippen molar-refractivity contribution in [2.24, 2.45) is 0 Å². The Kier molecular flexibility index (Phi) is 8.83. The number of nitrogens with one attached hydrogen (secondary N) is 2. The molecule has 0 bridgehead atoms. The second-order valence-corrected chi connectivity index (χ2v) is 11.6. The van der Waals surface area contributed by atoms with E-state index < -0.39 is 40.4 Å². The van der Waals surface area contributed by atoms with Gasteiger partial charge in [0, 0.05) is 55.1 Å². The van der Waals surface area contributed by atoms with E-state index in [2.05, 4.69) is 15.2 Å². The van der Waals surface area contributed by atoms with Gasteiger partial charge in [0.05, 0.1) is 41.8 Å². The molecule has 2 N–H and O–H groups in total. The normalized spacial score (nSPS) is 19.7. The molecule has 2 aliphatic rings. The van der Waals surface area contributed by atoms with Crippen LogP contribution in [-0.4, -0.2) is 79.2 Å². The maximum Gasteiger partial charge on any atom is 0.417 e. The molecule has 1 amide bonds. The van der Waals surface area contributed by atoms with Gasteiger partial charge in [0.1, 0.15) is 11.6 Å². The van der Waals surface area contributed by atoms with Gasteiger partial charge in [-0.2, -0.15) is 13.2 Å². The second kappa shape index (κ2) is 12.3. The first-order chi connectivity index (χ1) is 20.7. The summed E-state index contributed by atoms with van der Waals surface area (Å²) in [6, 6.07) is 7.87. The van der Waals surface area contributed by atoms with Crippen molar-refractivity contribution in [3.8, 4) is 11.1 Å². The van der Waals surface area contributed by atoms with Crippen molar-refractivity contribution in [2.45, 2.75) is 44.7 Å². The van der Waals surface area contributed by atoms with Crippen molar-refractivity contribution >= 4 is 17.3 Å². The highest BCUT2D eigenvalue weighted by Gasteiger charge is 2.36. The van der Waals surface area contributed by atoms with Crippen LogP contribution in [0.4, 0.5) is 33.3 Å². The quantitative estimate of drug-likeness (QED) is 0.365. The lowest BCUT2D eigenvalue weighted by atomic mass is 9.98. The van der Waals surface area contributed by atoms with Crippen LogP contribution in [0.5, 0.6) is 0 Å². The summed E-state index contributed by atoms with van der Waals surface area (Å²) in [7, 11) is 3.75. The minimum atomic E-state index is -4.96. The van der Waals surface area contributed by atoms with E-state index in [1.54, 1.807) is 19.2 Å². The lowest BCUT2D eigenvalue weighted by Crippen LogP contribution is -2.55. The van der Waals surface area contributed by atoms with E-state index in [0.29, 0.717) is 43.6 Å². The molecule has 0 aliphatic carbocycles. The first-order valence-corrected chi connectivity index (χ1v) is 14.2. The molecule has 1 aromatic heterocycles. The lowest BCUT2D eigenvalue weighted by Gasteiger charge is -2.44. The molecule has 236 valence electrons. The molecular formula is C31H34F5N5O3. The molecule has 0 unspecified atom stereocenters. The zero-order chi connectivity index (χ0) is 31.9. The number of halogens is 5. The Morgan fingerprint density at radius 1 is 1.09 bits per heavy atom. The monoisotopic (exact) mass is 619 g/mol. The fourth-order valence-electron chi connectivity index (χ4n) is 5.59. The maximum atomic E-state index is 15.9. The number of nitrogens with zero attached hydrogens (tertiary/aromatic N) is 3. The molecule has 2 aromatic carbocycles. The van der Waals surface area contributed by atoms with Gasteiger partial charge in [-0.15, -0.1) is 0 Å². The van der Waals surface area contributed by atoms with Gasteiger partial charge in [-0.25, -0.2) is 8.78 Å². The molecule has 2 fully saturated rings. The summed E-state index contributed by atoms with van der Waals surface area (Å²) in [5.41, 5.74) is -2.25. The van der Waals surface area contributed by atoms with E-state index in [1.165, 1.54) is 18.2 Å². The molecule has 3 aromatic rings. The number of ether oxygens (including phenoxy) is 1. The molecule has 2 saturated heterocycles. The first kappa shape index (κ1) is 31.6. The van der Waals surface area contributed by atoms with Crippen LogP contribution in [0.15, 0.2) is 47.4 Å². The SMILES string of the molecule is C[C@@H]1CN(c2ccc(-c3ccc(F)c(CN(C)C4COC4)c3F)cc2NC(=O)c2c[nH]c(=O)cc2C(F)(F)F)C[C@H](C)N1C. The van der Waals surface area contributed by atoms with Crippen LogP contribution in [-0.2, 0) is 17.5 Å². The van der Waals surface area contributed by atoms with Crippen LogP contribution in [0.25, 0.3) is 11.1 Å². The molecule has 0 saturated carbocycles. The van der Waals surface area contributed by atoms with Crippen LogP contribution < -0.4 is 15.8 Å². The van der Waals surface area contributed by atoms with Crippen LogP contribution in [0.2, 0.25) is 0 Å². The van der Waals surface area contributed by atoms with Gasteiger partial charge in [0.25, 0.3) is 5.91 Å². The van der Waals surface area contributed by atoms with Crippen molar-refractivity contribution in [1.29, 1.82) is 0 Å². The van der Waals surface area contributed by atoms with Gasteiger partial charge in [-0.3, -0.25) is 19.4 Å². The average molecular weight is 620 g/mol. The maximum absolute atomic E-state index is 15.9. The Labute approximate surface area is 251 Å².